The second-order valence-electron chi connectivity index (χ2n) is 8.49. The molecule has 1 heterocycles. The topological polar surface area (TPSA) is 58.9 Å². The van der Waals surface area contributed by atoms with E-state index in [9.17, 15) is 10.2 Å². The van der Waals surface area contributed by atoms with Crippen LogP contribution in [0.5, 0.6) is 5.75 Å². The maximum absolute atomic E-state index is 10.2. The number of rotatable bonds is 3. The first-order valence-corrected chi connectivity index (χ1v) is 8.38. The van der Waals surface area contributed by atoms with Crippen molar-refractivity contribution in [3.63, 3.8) is 0 Å². The summed E-state index contributed by atoms with van der Waals surface area (Å²) in [5.74, 6) is 0.172. The number of phenolic OH excluding ortho intramolecular Hbond substituents is 1. The molecule has 132 valence electrons. The lowest BCUT2D eigenvalue weighted by Gasteiger charge is -2.32. The molecule has 1 aliphatic heterocycles. The number of aliphatic hydroxyl groups excluding tert-OH is 1. The van der Waals surface area contributed by atoms with Gasteiger partial charge in [-0.3, -0.25) is 0 Å². The second-order valence-corrected chi connectivity index (χ2v) is 8.49. The first-order valence-electron chi connectivity index (χ1n) is 8.38. The molecular formula is C19H29BO4. The van der Waals surface area contributed by atoms with Crippen molar-refractivity contribution in [2.24, 2.45) is 0 Å². The lowest BCUT2D eigenvalue weighted by Crippen LogP contribution is -2.41. The lowest BCUT2D eigenvalue weighted by molar-refractivity contribution is 0.00578. The van der Waals surface area contributed by atoms with Crippen LogP contribution in [0.4, 0.5) is 0 Å². The highest BCUT2D eigenvalue weighted by atomic mass is 16.7. The van der Waals surface area contributed by atoms with Gasteiger partial charge in [-0.25, -0.2) is 0 Å². The summed E-state index contributed by atoms with van der Waals surface area (Å²) in [4.78, 5) is 0. The minimum atomic E-state index is -0.627. The van der Waals surface area contributed by atoms with Crippen LogP contribution in [0.1, 0.15) is 59.6 Å². The van der Waals surface area contributed by atoms with Gasteiger partial charge in [-0.1, -0.05) is 32.9 Å². The van der Waals surface area contributed by atoms with Gasteiger partial charge < -0.3 is 19.5 Å². The normalized spacial score (nSPS) is 20.5. The van der Waals surface area contributed by atoms with Crippen LogP contribution < -0.4 is 0 Å². The highest BCUT2D eigenvalue weighted by molar-refractivity contribution is 6.55. The highest BCUT2D eigenvalue weighted by Gasteiger charge is 2.52. The maximum Gasteiger partial charge on any atom is 0.492 e. The van der Waals surface area contributed by atoms with Crippen molar-refractivity contribution in [3.05, 3.63) is 34.8 Å². The molecule has 5 heteroatoms. The van der Waals surface area contributed by atoms with Gasteiger partial charge in [0, 0.05) is 5.56 Å². The number of hydrogen-bond acceptors (Lipinski definition) is 4. The molecule has 1 aliphatic rings. The van der Waals surface area contributed by atoms with E-state index in [1.54, 1.807) is 12.1 Å². The molecule has 0 atom stereocenters. The molecular weight excluding hydrogens is 303 g/mol. The van der Waals surface area contributed by atoms with Gasteiger partial charge in [-0.2, -0.15) is 0 Å². The van der Waals surface area contributed by atoms with Crippen molar-refractivity contribution in [2.45, 2.75) is 65.1 Å². The second kappa shape index (κ2) is 6.21. The predicted octanol–water partition coefficient (Wildman–Crippen LogP) is 3.70. The van der Waals surface area contributed by atoms with Gasteiger partial charge in [0.1, 0.15) is 5.75 Å². The Morgan fingerprint density at radius 3 is 2.12 bits per heavy atom. The van der Waals surface area contributed by atoms with E-state index in [4.69, 9.17) is 9.31 Å². The number of aromatic hydroxyl groups is 1. The Morgan fingerprint density at radius 2 is 1.67 bits per heavy atom. The summed E-state index contributed by atoms with van der Waals surface area (Å²) in [6.45, 7) is 14.0. The van der Waals surface area contributed by atoms with Crippen molar-refractivity contribution in [1.82, 2.24) is 0 Å². The predicted molar refractivity (Wildman–Crippen MR) is 98.0 cm³/mol. The number of hydrogen-bond donors (Lipinski definition) is 2. The number of benzene rings is 1. The first-order chi connectivity index (χ1) is 10.9. The quantitative estimate of drug-likeness (QED) is 0.829. The summed E-state index contributed by atoms with van der Waals surface area (Å²) in [6.07, 6.45) is 1.76. The fourth-order valence-electron chi connectivity index (χ4n) is 2.52. The summed E-state index contributed by atoms with van der Waals surface area (Å²) in [6, 6.07) is 5.54. The lowest BCUT2D eigenvalue weighted by atomic mass is 9.77. The third kappa shape index (κ3) is 3.69. The molecule has 2 rings (SSSR count). The smallest absolute Gasteiger partial charge is 0.492 e. The van der Waals surface area contributed by atoms with Crippen LogP contribution in [0.25, 0.3) is 6.08 Å². The summed E-state index contributed by atoms with van der Waals surface area (Å²) in [5.41, 5.74) is 1.39. The standard InChI is InChI=1S/C19H29BO4/c1-17(2,3)14-8-9-16(22)13(10-14)11-15(12-21)20-23-18(4,5)19(6,7)24-20/h8-11,21-22H,12H2,1-7H3. The summed E-state index contributed by atoms with van der Waals surface area (Å²) in [7, 11) is -0.627. The largest absolute Gasteiger partial charge is 0.507 e. The number of phenols is 1. The molecule has 1 fully saturated rings. The highest BCUT2D eigenvalue weighted by Crippen LogP contribution is 2.39. The van der Waals surface area contributed by atoms with Gasteiger partial charge in [0.25, 0.3) is 0 Å². The van der Waals surface area contributed by atoms with E-state index in [0.717, 1.165) is 5.56 Å². The van der Waals surface area contributed by atoms with Crippen molar-refractivity contribution in [1.29, 1.82) is 0 Å². The molecule has 1 aromatic rings. The minimum absolute atomic E-state index is 0.0278. The average Bonchev–Trinajstić information content (AvgIpc) is 2.65. The van der Waals surface area contributed by atoms with Crippen LogP contribution in [0.15, 0.2) is 23.7 Å². The molecule has 0 bridgehead atoms. The molecule has 24 heavy (non-hydrogen) atoms. The fraction of sp³-hybridized carbons (Fsp3) is 0.579. The molecule has 1 saturated heterocycles. The molecule has 4 nitrogen and oxygen atoms in total. The third-order valence-corrected chi connectivity index (χ3v) is 4.97. The maximum atomic E-state index is 10.2. The summed E-state index contributed by atoms with van der Waals surface area (Å²) < 4.78 is 12.0. The molecule has 2 N–H and O–H groups in total. The summed E-state index contributed by atoms with van der Waals surface area (Å²) in [5, 5.41) is 20.0. The Labute approximate surface area is 145 Å². The molecule has 0 aliphatic carbocycles. The Morgan fingerprint density at radius 1 is 1.12 bits per heavy atom. The molecule has 0 aromatic heterocycles. The molecule has 0 spiro atoms. The van der Waals surface area contributed by atoms with E-state index < -0.39 is 18.3 Å². The third-order valence-electron chi connectivity index (χ3n) is 4.97. The van der Waals surface area contributed by atoms with E-state index >= 15 is 0 Å². The van der Waals surface area contributed by atoms with E-state index in [2.05, 4.69) is 20.8 Å². The molecule has 1 aromatic carbocycles. The van der Waals surface area contributed by atoms with Crippen LogP contribution in [0.3, 0.4) is 0 Å². The van der Waals surface area contributed by atoms with Gasteiger partial charge in [0.05, 0.1) is 17.8 Å². The molecule has 0 radical (unpaired) electrons. The molecule has 0 unspecified atom stereocenters. The van der Waals surface area contributed by atoms with E-state index in [0.29, 0.717) is 11.0 Å². The van der Waals surface area contributed by atoms with Gasteiger partial charge in [0.2, 0.25) is 0 Å². The van der Waals surface area contributed by atoms with Crippen molar-refractivity contribution >= 4 is 13.2 Å². The van der Waals surface area contributed by atoms with Crippen molar-refractivity contribution in [2.75, 3.05) is 6.61 Å². The zero-order valence-electron chi connectivity index (χ0n) is 15.8. The SMILES string of the molecule is CC(C)(C)c1ccc(O)c(C=C(CO)B2OC(C)(C)C(C)(C)O2)c1. The van der Waals surface area contributed by atoms with Crippen molar-refractivity contribution in [3.8, 4) is 5.75 Å². The Kier molecular flexibility index (Phi) is 4.93. The minimum Gasteiger partial charge on any atom is -0.507 e. The van der Waals surface area contributed by atoms with Crippen molar-refractivity contribution < 1.29 is 19.5 Å². The fourth-order valence-corrected chi connectivity index (χ4v) is 2.52. The summed E-state index contributed by atoms with van der Waals surface area (Å²) >= 11 is 0. The zero-order valence-corrected chi connectivity index (χ0v) is 15.8. The Bertz CT molecular complexity index is 625. The Hall–Kier alpha value is -1.30. The Balaban J connectivity index is 2.39. The first kappa shape index (κ1) is 19.0. The van der Waals surface area contributed by atoms with E-state index in [1.807, 2.05) is 39.8 Å². The van der Waals surface area contributed by atoms with E-state index in [-0.39, 0.29) is 17.8 Å². The van der Waals surface area contributed by atoms with Gasteiger partial charge >= 0.3 is 7.12 Å². The van der Waals surface area contributed by atoms with Gasteiger partial charge in [0.15, 0.2) is 0 Å². The molecule has 0 saturated carbocycles. The monoisotopic (exact) mass is 332 g/mol. The van der Waals surface area contributed by atoms with Crippen LogP contribution in [-0.4, -0.2) is 35.1 Å². The zero-order chi connectivity index (χ0) is 18.3. The van der Waals surface area contributed by atoms with Crippen LogP contribution in [0, 0.1) is 0 Å². The molecule has 0 amide bonds. The van der Waals surface area contributed by atoms with Gasteiger partial charge in [-0.05, 0) is 56.3 Å². The van der Waals surface area contributed by atoms with Crippen LogP contribution >= 0.6 is 0 Å². The van der Waals surface area contributed by atoms with Gasteiger partial charge in [-0.15, -0.1) is 0 Å². The van der Waals surface area contributed by atoms with E-state index in [1.165, 1.54) is 0 Å². The van der Waals surface area contributed by atoms with Crippen LogP contribution in [0.2, 0.25) is 0 Å². The average molecular weight is 332 g/mol. The van der Waals surface area contributed by atoms with Crippen LogP contribution in [-0.2, 0) is 14.7 Å². The number of aliphatic hydroxyl groups is 1.